The van der Waals surface area contributed by atoms with E-state index in [1.54, 1.807) is 14.1 Å². The quantitative estimate of drug-likeness (QED) is 0.820. The number of nitrogens with zero attached hydrogens (tertiary/aromatic N) is 4. The van der Waals surface area contributed by atoms with E-state index in [1.165, 1.54) is 8.61 Å². The predicted octanol–water partition coefficient (Wildman–Crippen LogP) is 0.681. The van der Waals surface area contributed by atoms with Crippen LogP contribution in [0.5, 0.6) is 0 Å². The zero-order valence-corrected chi connectivity index (χ0v) is 14.0. The molecule has 0 atom stereocenters. The highest BCUT2D eigenvalue weighted by atomic mass is 32.2. The Kier molecular flexibility index (Phi) is 4.75. The van der Waals surface area contributed by atoms with Gasteiger partial charge < -0.3 is 9.80 Å². The van der Waals surface area contributed by atoms with Crippen molar-refractivity contribution in [2.24, 2.45) is 0 Å². The van der Waals surface area contributed by atoms with Crippen molar-refractivity contribution in [1.29, 1.82) is 0 Å². The van der Waals surface area contributed by atoms with Gasteiger partial charge in [-0.05, 0) is 24.3 Å². The minimum Gasteiger partial charge on any atom is -0.378 e. The zero-order chi connectivity index (χ0) is 15.6. The first-order valence-corrected chi connectivity index (χ1v) is 8.42. The van der Waals surface area contributed by atoms with Gasteiger partial charge in [0.05, 0.1) is 0 Å². The van der Waals surface area contributed by atoms with Crippen LogP contribution < -0.4 is 9.80 Å². The fourth-order valence-electron chi connectivity index (χ4n) is 2.37. The summed E-state index contributed by atoms with van der Waals surface area (Å²) in [6, 6.07) is 8.34. The molecule has 1 aliphatic heterocycles. The van der Waals surface area contributed by atoms with Crippen molar-refractivity contribution in [2.75, 3.05) is 64.2 Å². The SMILES string of the molecule is CN(C)c1ccc(N2CCN(S(=O)(=O)N(C)C)CC2)cc1. The minimum atomic E-state index is -3.29. The van der Waals surface area contributed by atoms with Gasteiger partial charge in [0.15, 0.2) is 0 Å². The lowest BCUT2D eigenvalue weighted by Crippen LogP contribution is -2.51. The monoisotopic (exact) mass is 312 g/mol. The average Bonchev–Trinajstić information content (AvgIpc) is 2.47. The Balaban J connectivity index is 2.01. The second-order valence-electron chi connectivity index (χ2n) is 5.59. The molecule has 1 aromatic rings. The molecule has 6 nitrogen and oxygen atoms in total. The van der Waals surface area contributed by atoms with Gasteiger partial charge in [-0.15, -0.1) is 0 Å². The molecule has 0 unspecified atom stereocenters. The molecule has 0 radical (unpaired) electrons. The van der Waals surface area contributed by atoms with Crippen molar-refractivity contribution < 1.29 is 8.42 Å². The van der Waals surface area contributed by atoms with Crippen LogP contribution in [0.15, 0.2) is 24.3 Å². The first-order valence-electron chi connectivity index (χ1n) is 7.02. The Morgan fingerprint density at radius 2 is 1.43 bits per heavy atom. The van der Waals surface area contributed by atoms with Gasteiger partial charge in [0.2, 0.25) is 0 Å². The van der Waals surface area contributed by atoms with E-state index in [-0.39, 0.29) is 0 Å². The van der Waals surface area contributed by atoms with Crippen LogP contribution in [0.4, 0.5) is 11.4 Å². The smallest absolute Gasteiger partial charge is 0.281 e. The van der Waals surface area contributed by atoms with Crippen molar-refractivity contribution in [2.45, 2.75) is 0 Å². The molecule has 1 fully saturated rings. The van der Waals surface area contributed by atoms with Crippen LogP contribution in [0.1, 0.15) is 0 Å². The van der Waals surface area contributed by atoms with Gasteiger partial charge in [0, 0.05) is 65.7 Å². The molecule has 0 aliphatic carbocycles. The summed E-state index contributed by atoms with van der Waals surface area (Å²) in [6.07, 6.45) is 0. The van der Waals surface area contributed by atoms with Gasteiger partial charge in [-0.1, -0.05) is 0 Å². The average molecular weight is 312 g/mol. The number of anilines is 2. The van der Waals surface area contributed by atoms with E-state index in [0.29, 0.717) is 26.2 Å². The molecule has 0 aromatic heterocycles. The number of rotatable bonds is 4. The van der Waals surface area contributed by atoms with Crippen LogP contribution in [0, 0.1) is 0 Å². The predicted molar refractivity (Wildman–Crippen MR) is 87.2 cm³/mol. The van der Waals surface area contributed by atoms with E-state index in [0.717, 1.165) is 11.4 Å². The highest BCUT2D eigenvalue weighted by Crippen LogP contribution is 2.21. The highest BCUT2D eigenvalue weighted by molar-refractivity contribution is 7.86. The zero-order valence-electron chi connectivity index (χ0n) is 13.2. The van der Waals surface area contributed by atoms with E-state index in [9.17, 15) is 8.42 Å². The molecule has 118 valence electrons. The highest BCUT2D eigenvalue weighted by Gasteiger charge is 2.28. The topological polar surface area (TPSA) is 47.1 Å². The Morgan fingerprint density at radius 3 is 1.86 bits per heavy atom. The molecule has 7 heteroatoms. The minimum absolute atomic E-state index is 0.524. The summed E-state index contributed by atoms with van der Waals surface area (Å²) in [4.78, 5) is 4.28. The van der Waals surface area contributed by atoms with E-state index in [2.05, 4.69) is 34.1 Å². The van der Waals surface area contributed by atoms with Crippen LogP contribution in [-0.2, 0) is 10.2 Å². The second-order valence-corrected chi connectivity index (χ2v) is 7.73. The van der Waals surface area contributed by atoms with Crippen LogP contribution in [0.25, 0.3) is 0 Å². The van der Waals surface area contributed by atoms with Gasteiger partial charge in [-0.25, -0.2) is 0 Å². The molecular formula is C14H24N4O2S. The van der Waals surface area contributed by atoms with Crippen LogP contribution in [0.3, 0.4) is 0 Å². The van der Waals surface area contributed by atoms with E-state index in [1.807, 2.05) is 14.1 Å². The molecule has 0 bridgehead atoms. The maximum absolute atomic E-state index is 12.1. The van der Waals surface area contributed by atoms with Crippen molar-refractivity contribution in [3.05, 3.63) is 24.3 Å². The molecule has 1 heterocycles. The molecule has 2 rings (SSSR count). The van der Waals surface area contributed by atoms with Gasteiger partial charge in [-0.3, -0.25) is 0 Å². The van der Waals surface area contributed by atoms with Crippen molar-refractivity contribution in [3.8, 4) is 0 Å². The van der Waals surface area contributed by atoms with E-state index in [4.69, 9.17) is 0 Å². The fraction of sp³-hybridized carbons (Fsp3) is 0.571. The third-order valence-electron chi connectivity index (χ3n) is 3.76. The van der Waals surface area contributed by atoms with Gasteiger partial charge in [-0.2, -0.15) is 17.0 Å². The first kappa shape index (κ1) is 16.1. The van der Waals surface area contributed by atoms with E-state index < -0.39 is 10.2 Å². The van der Waals surface area contributed by atoms with Gasteiger partial charge in [0.1, 0.15) is 0 Å². The van der Waals surface area contributed by atoms with Gasteiger partial charge in [0.25, 0.3) is 10.2 Å². The van der Waals surface area contributed by atoms with Crippen molar-refractivity contribution in [1.82, 2.24) is 8.61 Å². The summed E-state index contributed by atoms with van der Waals surface area (Å²) in [5.74, 6) is 0. The Morgan fingerprint density at radius 1 is 0.905 bits per heavy atom. The molecule has 1 aromatic carbocycles. The Labute approximate surface area is 127 Å². The van der Waals surface area contributed by atoms with Crippen LogP contribution >= 0.6 is 0 Å². The lowest BCUT2D eigenvalue weighted by molar-refractivity contribution is 0.355. The molecule has 0 N–H and O–H groups in total. The third kappa shape index (κ3) is 3.48. The molecule has 0 amide bonds. The Hall–Kier alpha value is -1.31. The third-order valence-corrected chi connectivity index (χ3v) is 5.70. The maximum atomic E-state index is 12.1. The fourth-order valence-corrected chi connectivity index (χ4v) is 3.46. The number of benzene rings is 1. The standard InChI is InChI=1S/C14H24N4O2S/c1-15(2)13-5-7-14(8-6-13)17-9-11-18(12-10-17)21(19,20)16(3)4/h5-8H,9-12H2,1-4H3. The number of hydrogen-bond acceptors (Lipinski definition) is 4. The summed E-state index contributed by atoms with van der Waals surface area (Å²) < 4.78 is 27.0. The molecule has 1 saturated heterocycles. The lowest BCUT2D eigenvalue weighted by Gasteiger charge is -2.36. The van der Waals surface area contributed by atoms with Crippen LogP contribution in [0.2, 0.25) is 0 Å². The summed E-state index contributed by atoms with van der Waals surface area (Å²) >= 11 is 0. The van der Waals surface area contributed by atoms with Crippen molar-refractivity contribution >= 4 is 21.6 Å². The maximum Gasteiger partial charge on any atom is 0.281 e. The van der Waals surface area contributed by atoms with Crippen molar-refractivity contribution in [3.63, 3.8) is 0 Å². The summed E-state index contributed by atoms with van der Waals surface area (Å²) in [5.41, 5.74) is 2.30. The summed E-state index contributed by atoms with van der Waals surface area (Å²) in [5, 5.41) is 0. The summed E-state index contributed by atoms with van der Waals surface area (Å²) in [6.45, 7) is 2.48. The molecular weight excluding hydrogens is 288 g/mol. The molecule has 1 aliphatic rings. The molecule has 0 spiro atoms. The second kappa shape index (κ2) is 6.21. The number of hydrogen-bond donors (Lipinski definition) is 0. The number of piperazine rings is 1. The molecule has 0 saturated carbocycles. The van der Waals surface area contributed by atoms with Crippen LogP contribution in [-0.4, -0.2) is 71.4 Å². The van der Waals surface area contributed by atoms with Gasteiger partial charge >= 0.3 is 0 Å². The summed E-state index contributed by atoms with van der Waals surface area (Å²) in [7, 11) is 3.88. The lowest BCUT2D eigenvalue weighted by atomic mass is 10.2. The van der Waals surface area contributed by atoms with E-state index >= 15 is 0 Å². The Bertz CT molecular complexity index is 561. The normalized spacial score (nSPS) is 17.3. The first-order chi connectivity index (χ1) is 9.82. The molecule has 21 heavy (non-hydrogen) atoms. The largest absolute Gasteiger partial charge is 0.378 e.